The van der Waals surface area contributed by atoms with Crippen molar-refractivity contribution in [1.82, 2.24) is 4.90 Å². The minimum Gasteiger partial charge on any atom is -0.293 e. The molecule has 0 spiro atoms. The highest BCUT2D eigenvalue weighted by Crippen LogP contribution is 2.23. The molecule has 0 saturated heterocycles. The maximum absolute atomic E-state index is 12.4. The molecular weight excluding hydrogens is 278 g/mol. The number of ketones is 1. The molecule has 1 atom stereocenters. The fraction of sp³-hybridized carbons (Fsp3) is 0.667. The van der Waals surface area contributed by atoms with Crippen LogP contribution in [0.15, 0.2) is 12.1 Å². The zero-order valence-corrected chi connectivity index (χ0v) is 13.7. The molecule has 0 aliphatic heterocycles. The molecule has 0 N–H and O–H groups in total. The van der Waals surface area contributed by atoms with Crippen molar-refractivity contribution >= 4 is 28.7 Å². The number of carbonyl (C=O) groups is 1. The zero-order chi connectivity index (χ0) is 14.3. The number of rotatable bonds is 9. The van der Waals surface area contributed by atoms with E-state index in [1.54, 1.807) is 6.07 Å². The summed E-state index contributed by atoms with van der Waals surface area (Å²) in [5.41, 5.74) is 0. The van der Waals surface area contributed by atoms with Crippen molar-refractivity contribution in [1.29, 1.82) is 0 Å². The van der Waals surface area contributed by atoms with Gasteiger partial charge in [0.15, 0.2) is 5.78 Å². The van der Waals surface area contributed by atoms with Gasteiger partial charge >= 0.3 is 0 Å². The number of unbranched alkanes of at least 4 members (excludes halogenated alkanes) is 2. The molecule has 1 unspecified atom stereocenters. The Balaban J connectivity index is 2.68. The summed E-state index contributed by atoms with van der Waals surface area (Å²) in [7, 11) is 0. The second-order valence-electron chi connectivity index (χ2n) is 4.89. The van der Waals surface area contributed by atoms with Gasteiger partial charge in [-0.1, -0.05) is 38.3 Å². The van der Waals surface area contributed by atoms with Crippen molar-refractivity contribution in [3.05, 3.63) is 21.3 Å². The lowest BCUT2D eigenvalue weighted by Gasteiger charge is -2.27. The summed E-state index contributed by atoms with van der Waals surface area (Å²) in [6.45, 7) is 8.39. The maximum Gasteiger partial charge on any atom is 0.189 e. The second-order valence-corrected chi connectivity index (χ2v) is 6.60. The van der Waals surface area contributed by atoms with E-state index in [4.69, 9.17) is 11.6 Å². The van der Waals surface area contributed by atoms with Crippen LogP contribution in [0.25, 0.3) is 0 Å². The molecule has 0 saturated carbocycles. The minimum absolute atomic E-state index is 0.0483. The first kappa shape index (κ1) is 16.7. The molecule has 0 bridgehead atoms. The van der Waals surface area contributed by atoms with Gasteiger partial charge in [-0.3, -0.25) is 9.69 Å². The first-order valence-electron chi connectivity index (χ1n) is 7.13. The van der Waals surface area contributed by atoms with Crippen LogP contribution in [0.5, 0.6) is 0 Å². The molecule has 4 heteroatoms. The largest absolute Gasteiger partial charge is 0.293 e. The summed E-state index contributed by atoms with van der Waals surface area (Å²) in [4.78, 5) is 15.5. The zero-order valence-electron chi connectivity index (χ0n) is 12.1. The summed E-state index contributed by atoms with van der Waals surface area (Å²) in [6.07, 6.45) is 4.61. The molecule has 1 aromatic rings. The smallest absolute Gasteiger partial charge is 0.189 e. The Hall–Kier alpha value is -0.380. The number of hydrogen-bond acceptors (Lipinski definition) is 3. The predicted octanol–water partition coefficient (Wildman–Crippen LogP) is 4.87. The molecule has 1 rings (SSSR count). The third-order valence-electron chi connectivity index (χ3n) is 3.34. The van der Waals surface area contributed by atoms with Gasteiger partial charge in [0.2, 0.25) is 0 Å². The highest BCUT2D eigenvalue weighted by atomic mass is 35.5. The third kappa shape index (κ3) is 5.25. The lowest BCUT2D eigenvalue weighted by Crippen LogP contribution is -2.40. The van der Waals surface area contributed by atoms with E-state index in [0.29, 0.717) is 4.34 Å². The third-order valence-corrected chi connectivity index (χ3v) is 4.59. The number of thiophene rings is 1. The highest BCUT2D eigenvalue weighted by molar-refractivity contribution is 7.18. The normalized spacial score (nSPS) is 12.9. The number of carbonyl (C=O) groups excluding carboxylic acids is 1. The lowest BCUT2D eigenvalue weighted by atomic mass is 10.1. The molecule has 0 aliphatic carbocycles. The van der Waals surface area contributed by atoms with E-state index in [2.05, 4.69) is 18.7 Å². The molecule has 1 heterocycles. The molecule has 108 valence electrons. The Morgan fingerprint density at radius 1 is 1.26 bits per heavy atom. The van der Waals surface area contributed by atoms with Gasteiger partial charge in [-0.25, -0.2) is 0 Å². The first-order chi connectivity index (χ1) is 9.10. The van der Waals surface area contributed by atoms with Crippen LogP contribution in [0.1, 0.15) is 56.1 Å². The first-order valence-corrected chi connectivity index (χ1v) is 8.33. The van der Waals surface area contributed by atoms with E-state index in [1.165, 1.54) is 11.3 Å². The van der Waals surface area contributed by atoms with Crippen LogP contribution in [0.4, 0.5) is 0 Å². The van der Waals surface area contributed by atoms with Crippen molar-refractivity contribution in [3.8, 4) is 0 Å². The van der Waals surface area contributed by atoms with Gasteiger partial charge in [-0.2, -0.15) is 0 Å². The van der Waals surface area contributed by atoms with E-state index in [0.717, 1.165) is 43.6 Å². The fourth-order valence-electron chi connectivity index (χ4n) is 2.04. The quantitative estimate of drug-likeness (QED) is 0.606. The van der Waals surface area contributed by atoms with Crippen molar-refractivity contribution < 1.29 is 4.79 Å². The second kappa shape index (κ2) is 8.72. The van der Waals surface area contributed by atoms with Gasteiger partial charge < -0.3 is 0 Å². The Labute approximate surface area is 125 Å². The predicted molar refractivity (Wildman–Crippen MR) is 84.5 cm³/mol. The monoisotopic (exact) mass is 301 g/mol. The summed E-state index contributed by atoms with van der Waals surface area (Å²) < 4.78 is 0.684. The summed E-state index contributed by atoms with van der Waals surface area (Å²) in [6, 6.07) is 3.59. The molecule has 0 radical (unpaired) electrons. The van der Waals surface area contributed by atoms with Crippen LogP contribution in [0.3, 0.4) is 0 Å². The van der Waals surface area contributed by atoms with Gasteiger partial charge in [0, 0.05) is 0 Å². The van der Waals surface area contributed by atoms with E-state index < -0.39 is 0 Å². The topological polar surface area (TPSA) is 20.3 Å². The average molecular weight is 302 g/mol. The van der Waals surface area contributed by atoms with Gasteiger partial charge in [-0.15, -0.1) is 11.3 Å². The number of nitrogens with zero attached hydrogens (tertiary/aromatic N) is 1. The molecule has 2 nitrogen and oxygen atoms in total. The van der Waals surface area contributed by atoms with Crippen LogP contribution in [0, 0.1) is 0 Å². The van der Waals surface area contributed by atoms with Crippen LogP contribution >= 0.6 is 22.9 Å². The summed E-state index contributed by atoms with van der Waals surface area (Å²) in [5.74, 6) is 0.198. The highest BCUT2D eigenvalue weighted by Gasteiger charge is 2.22. The number of halogens is 1. The number of Topliss-reactive ketones (excluding diaryl/α,β-unsaturated/α-hetero) is 1. The van der Waals surface area contributed by atoms with Crippen LogP contribution in [0.2, 0.25) is 4.34 Å². The Kier molecular flexibility index (Phi) is 7.66. The van der Waals surface area contributed by atoms with E-state index in [9.17, 15) is 4.79 Å². The lowest BCUT2D eigenvalue weighted by molar-refractivity contribution is 0.0838. The molecule has 0 fully saturated rings. The molecular formula is C15H24ClNOS. The van der Waals surface area contributed by atoms with Gasteiger partial charge in [0.25, 0.3) is 0 Å². The van der Waals surface area contributed by atoms with E-state index >= 15 is 0 Å². The molecule has 1 aromatic heterocycles. The van der Waals surface area contributed by atoms with Gasteiger partial charge in [-0.05, 0) is 45.0 Å². The van der Waals surface area contributed by atoms with Crippen LogP contribution in [-0.4, -0.2) is 29.8 Å². The van der Waals surface area contributed by atoms with Crippen LogP contribution < -0.4 is 0 Å². The minimum atomic E-state index is -0.0483. The Morgan fingerprint density at radius 3 is 2.26 bits per heavy atom. The summed E-state index contributed by atoms with van der Waals surface area (Å²) in [5, 5.41) is 0. The van der Waals surface area contributed by atoms with Crippen LogP contribution in [-0.2, 0) is 0 Å². The molecule has 0 amide bonds. The Morgan fingerprint density at radius 2 is 1.84 bits per heavy atom. The van der Waals surface area contributed by atoms with E-state index in [1.807, 2.05) is 13.0 Å². The van der Waals surface area contributed by atoms with Gasteiger partial charge in [0.1, 0.15) is 0 Å². The SMILES string of the molecule is CCCCN(CCCC)C(C)C(=O)c1ccc(Cl)s1. The van der Waals surface area contributed by atoms with E-state index in [-0.39, 0.29) is 11.8 Å². The van der Waals surface area contributed by atoms with Gasteiger partial charge in [0.05, 0.1) is 15.3 Å². The standard InChI is InChI=1S/C15H24ClNOS/c1-4-6-10-17(11-7-5-2)12(3)15(18)13-8-9-14(16)19-13/h8-9,12H,4-7,10-11H2,1-3H3. The van der Waals surface area contributed by atoms with Crippen molar-refractivity contribution in [3.63, 3.8) is 0 Å². The Bertz CT molecular complexity index is 383. The summed E-state index contributed by atoms with van der Waals surface area (Å²) >= 11 is 7.29. The van der Waals surface area contributed by atoms with Crippen molar-refractivity contribution in [2.24, 2.45) is 0 Å². The van der Waals surface area contributed by atoms with Crippen molar-refractivity contribution in [2.75, 3.05) is 13.1 Å². The fourth-order valence-corrected chi connectivity index (χ4v) is 3.11. The van der Waals surface area contributed by atoms with Crippen molar-refractivity contribution in [2.45, 2.75) is 52.5 Å². The molecule has 0 aromatic carbocycles. The molecule has 19 heavy (non-hydrogen) atoms. The average Bonchev–Trinajstić information content (AvgIpc) is 2.84. The molecule has 0 aliphatic rings. The maximum atomic E-state index is 12.4. The number of hydrogen-bond donors (Lipinski definition) is 0.